The molecule has 0 atom stereocenters. The van der Waals surface area contributed by atoms with Gasteiger partial charge in [-0.15, -0.1) is 11.3 Å². The van der Waals surface area contributed by atoms with Crippen molar-refractivity contribution in [3.8, 4) is 5.06 Å². The molecule has 0 spiro atoms. The second kappa shape index (κ2) is 5.17. The molecule has 4 heteroatoms. The maximum absolute atomic E-state index is 9.05. The molecule has 90 valence electrons. The van der Waals surface area contributed by atoms with E-state index in [0.29, 0.717) is 0 Å². The molecule has 1 aromatic rings. The molecule has 1 aliphatic rings. The predicted molar refractivity (Wildman–Crippen MR) is 66.0 cm³/mol. The third-order valence-electron chi connectivity index (χ3n) is 3.38. The Hall–Kier alpha value is -0.580. The van der Waals surface area contributed by atoms with Crippen molar-refractivity contribution in [1.29, 1.82) is 0 Å². The summed E-state index contributed by atoms with van der Waals surface area (Å²) in [5.41, 5.74) is 0.200. The summed E-state index contributed by atoms with van der Waals surface area (Å²) < 4.78 is 5.17. The first-order chi connectivity index (χ1) is 7.78. The van der Waals surface area contributed by atoms with Crippen LogP contribution in [0.25, 0.3) is 0 Å². The predicted octanol–water partition coefficient (Wildman–Crippen LogP) is 2.15. The molecule has 0 aliphatic heterocycles. The highest BCUT2D eigenvalue weighted by molar-refractivity contribution is 7.13. The second-order valence-corrected chi connectivity index (χ2v) is 5.52. The Balaban J connectivity index is 1.85. The van der Waals surface area contributed by atoms with Gasteiger partial charge in [-0.05, 0) is 37.8 Å². The molecule has 1 saturated carbocycles. The molecule has 0 radical (unpaired) electrons. The van der Waals surface area contributed by atoms with E-state index in [1.807, 2.05) is 6.07 Å². The summed E-state index contributed by atoms with van der Waals surface area (Å²) in [6, 6.07) is 4.10. The van der Waals surface area contributed by atoms with Gasteiger partial charge in [0.15, 0.2) is 5.06 Å². The van der Waals surface area contributed by atoms with Crippen LogP contribution >= 0.6 is 11.3 Å². The largest absolute Gasteiger partial charge is 0.487 e. The van der Waals surface area contributed by atoms with E-state index in [-0.39, 0.29) is 12.1 Å². The average Bonchev–Trinajstić information content (AvgIpc) is 2.70. The molecule has 2 N–H and O–H groups in total. The number of rotatable bonds is 6. The summed E-state index contributed by atoms with van der Waals surface area (Å²) in [5.74, 6) is 0. The molecular weight excluding hydrogens is 222 g/mol. The molecule has 1 fully saturated rings. The van der Waals surface area contributed by atoms with Gasteiger partial charge < -0.3 is 15.2 Å². The Labute approximate surface area is 100 Å². The smallest absolute Gasteiger partial charge is 0.173 e. The number of nitrogens with one attached hydrogen (secondary N) is 1. The molecule has 0 aromatic carbocycles. The molecule has 2 rings (SSSR count). The fraction of sp³-hybridized carbons (Fsp3) is 0.667. The van der Waals surface area contributed by atoms with Crippen molar-refractivity contribution in [2.24, 2.45) is 0 Å². The van der Waals surface area contributed by atoms with Crippen LogP contribution in [-0.4, -0.2) is 24.4 Å². The molecular formula is C12H19NO2S. The van der Waals surface area contributed by atoms with Crippen LogP contribution in [0, 0.1) is 0 Å². The Kier molecular flexibility index (Phi) is 3.84. The normalized spacial score (nSPS) is 18.1. The van der Waals surface area contributed by atoms with E-state index in [2.05, 4.69) is 11.4 Å². The quantitative estimate of drug-likeness (QED) is 0.802. The van der Waals surface area contributed by atoms with Crippen molar-refractivity contribution in [2.75, 3.05) is 13.7 Å². The van der Waals surface area contributed by atoms with Crippen LogP contribution in [0.4, 0.5) is 0 Å². The van der Waals surface area contributed by atoms with E-state index < -0.39 is 0 Å². The van der Waals surface area contributed by atoms with E-state index in [9.17, 15) is 0 Å². The summed E-state index contributed by atoms with van der Waals surface area (Å²) in [7, 11) is 1.70. The number of thiophene rings is 1. The van der Waals surface area contributed by atoms with Crippen LogP contribution < -0.4 is 10.1 Å². The molecule has 0 amide bonds. The third kappa shape index (κ3) is 2.56. The van der Waals surface area contributed by atoms with Gasteiger partial charge in [-0.3, -0.25) is 0 Å². The zero-order chi connectivity index (χ0) is 11.4. The van der Waals surface area contributed by atoms with Crippen LogP contribution in [0.2, 0.25) is 0 Å². The number of hydrogen-bond donors (Lipinski definition) is 2. The van der Waals surface area contributed by atoms with Gasteiger partial charge in [0, 0.05) is 23.6 Å². The minimum atomic E-state index is 0.200. The lowest BCUT2D eigenvalue weighted by atomic mass is 9.74. The van der Waals surface area contributed by atoms with E-state index in [1.54, 1.807) is 18.4 Å². The van der Waals surface area contributed by atoms with Crippen molar-refractivity contribution in [1.82, 2.24) is 5.32 Å². The van der Waals surface area contributed by atoms with Gasteiger partial charge in [0.25, 0.3) is 0 Å². The fourth-order valence-electron chi connectivity index (χ4n) is 2.17. The molecule has 0 saturated heterocycles. The summed E-state index contributed by atoms with van der Waals surface area (Å²) in [4.78, 5) is 1.29. The number of methoxy groups -OCH3 is 1. The Morgan fingerprint density at radius 1 is 1.50 bits per heavy atom. The average molecular weight is 241 g/mol. The van der Waals surface area contributed by atoms with Gasteiger partial charge in [-0.25, -0.2) is 0 Å². The van der Waals surface area contributed by atoms with Crippen molar-refractivity contribution in [3.05, 3.63) is 17.0 Å². The highest BCUT2D eigenvalue weighted by atomic mass is 32.1. The first kappa shape index (κ1) is 11.9. The Morgan fingerprint density at radius 3 is 2.81 bits per heavy atom. The summed E-state index contributed by atoms with van der Waals surface area (Å²) in [5, 5.41) is 13.6. The number of aliphatic hydroxyl groups is 1. The lowest BCUT2D eigenvalue weighted by molar-refractivity contribution is 0.130. The van der Waals surface area contributed by atoms with Crippen molar-refractivity contribution >= 4 is 11.3 Å². The van der Waals surface area contributed by atoms with E-state index in [1.165, 1.54) is 24.1 Å². The number of aliphatic hydroxyl groups excluding tert-OH is 1. The highest BCUT2D eigenvalue weighted by Gasteiger charge is 2.35. The van der Waals surface area contributed by atoms with Crippen molar-refractivity contribution in [2.45, 2.75) is 37.8 Å². The van der Waals surface area contributed by atoms with E-state index in [0.717, 1.165) is 18.0 Å². The summed E-state index contributed by atoms with van der Waals surface area (Å²) in [6.45, 7) is 1.16. The summed E-state index contributed by atoms with van der Waals surface area (Å²) in [6.07, 6.45) is 4.53. The maximum Gasteiger partial charge on any atom is 0.173 e. The highest BCUT2D eigenvalue weighted by Crippen LogP contribution is 2.35. The first-order valence-electron chi connectivity index (χ1n) is 5.77. The maximum atomic E-state index is 9.05. The minimum absolute atomic E-state index is 0.200. The SMILES string of the molecule is COc1ccc(CNC2(CCO)CCC2)s1. The van der Waals surface area contributed by atoms with Crippen LogP contribution in [0.15, 0.2) is 12.1 Å². The van der Waals surface area contributed by atoms with Crippen LogP contribution in [0.5, 0.6) is 5.06 Å². The standard InChI is InChI=1S/C12H19NO2S/c1-15-11-4-3-10(16-11)9-13-12(7-8-14)5-2-6-12/h3-4,13-14H,2,5-9H2,1H3. The van der Waals surface area contributed by atoms with Crippen LogP contribution in [-0.2, 0) is 6.54 Å². The molecule has 1 heterocycles. The zero-order valence-corrected chi connectivity index (χ0v) is 10.5. The monoisotopic (exact) mass is 241 g/mol. The van der Waals surface area contributed by atoms with Crippen molar-refractivity contribution < 1.29 is 9.84 Å². The van der Waals surface area contributed by atoms with Gasteiger partial charge in [0.1, 0.15) is 0 Å². The van der Waals surface area contributed by atoms with Gasteiger partial charge in [-0.2, -0.15) is 0 Å². The van der Waals surface area contributed by atoms with Gasteiger partial charge in [-0.1, -0.05) is 0 Å². The minimum Gasteiger partial charge on any atom is -0.487 e. The molecule has 0 bridgehead atoms. The molecule has 1 aromatic heterocycles. The lowest BCUT2D eigenvalue weighted by Crippen LogP contribution is -2.51. The van der Waals surface area contributed by atoms with E-state index >= 15 is 0 Å². The van der Waals surface area contributed by atoms with Gasteiger partial charge in [0.05, 0.1) is 7.11 Å². The fourth-order valence-corrected chi connectivity index (χ4v) is 2.93. The molecule has 0 unspecified atom stereocenters. The van der Waals surface area contributed by atoms with Crippen LogP contribution in [0.3, 0.4) is 0 Å². The topological polar surface area (TPSA) is 41.5 Å². The Bertz CT molecular complexity index is 334. The first-order valence-corrected chi connectivity index (χ1v) is 6.58. The third-order valence-corrected chi connectivity index (χ3v) is 4.42. The molecule has 3 nitrogen and oxygen atoms in total. The lowest BCUT2D eigenvalue weighted by Gasteiger charge is -2.42. The number of ether oxygens (including phenoxy) is 1. The zero-order valence-electron chi connectivity index (χ0n) is 9.66. The van der Waals surface area contributed by atoms with Crippen LogP contribution in [0.1, 0.15) is 30.6 Å². The summed E-state index contributed by atoms with van der Waals surface area (Å²) >= 11 is 1.68. The Morgan fingerprint density at radius 2 is 2.31 bits per heavy atom. The molecule has 16 heavy (non-hydrogen) atoms. The van der Waals surface area contributed by atoms with Gasteiger partial charge in [0.2, 0.25) is 0 Å². The van der Waals surface area contributed by atoms with Gasteiger partial charge >= 0.3 is 0 Å². The molecule has 1 aliphatic carbocycles. The second-order valence-electron chi connectivity index (χ2n) is 4.39. The van der Waals surface area contributed by atoms with Crippen molar-refractivity contribution in [3.63, 3.8) is 0 Å². The van der Waals surface area contributed by atoms with E-state index in [4.69, 9.17) is 9.84 Å². The number of hydrogen-bond acceptors (Lipinski definition) is 4.